The molecule has 0 aliphatic heterocycles. The fourth-order valence-corrected chi connectivity index (χ4v) is 1.42. The second-order valence-corrected chi connectivity index (χ2v) is 3.34. The Kier molecular flexibility index (Phi) is 2.72. The predicted octanol–water partition coefficient (Wildman–Crippen LogP) is 2.24. The number of anilines is 1. The van der Waals surface area contributed by atoms with Crippen LogP contribution in [0.25, 0.3) is 10.8 Å². The lowest BCUT2D eigenvalue weighted by Gasteiger charge is -2.14. The van der Waals surface area contributed by atoms with E-state index < -0.39 is 6.09 Å². The van der Waals surface area contributed by atoms with Gasteiger partial charge in [0, 0.05) is 12.4 Å². The summed E-state index contributed by atoms with van der Waals surface area (Å²) in [6.45, 7) is 0. The van der Waals surface area contributed by atoms with Crippen molar-refractivity contribution in [3.63, 3.8) is 0 Å². The van der Waals surface area contributed by atoms with Gasteiger partial charge in [0.1, 0.15) is 5.82 Å². The van der Waals surface area contributed by atoms with Gasteiger partial charge in [0.15, 0.2) is 0 Å². The number of benzene rings is 1. The summed E-state index contributed by atoms with van der Waals surface area (Å²) in [4.78, 5) is 16.7. The molecule has 1 radical (unpaired) electrons. The number of amides is 1. The van der Waals surface area contributed by atoms with Gasteiger partial charge in [-0.05, 0) is 11.5 Å². The summed E-state index contributed by atoms with van der Waals surface area (Å²) >= 11 is 0. The number of hydrogen-bond acceptors (Lipinski definition) is 3. The maximum absolute atomic E-state index is 11.3. The summed E-state index contributed by atoms with van der Waals surface area (Å²) in [7, 11) is 2.94. The predicted molar refractivity (Wildman–Crippen MR) is 61.4 cm³/mol. The fraction of sp³-hybridized carbons (Fsp3) is 0.167. The molecule has 0 atom stereocenters. The Labute approximate surface area is 93.5 Å². The summed E-state index contributed by atoms with van der Waals surface area (Å²) in [6, 6.07) is 9.54. The quantitative estimate of drug-likeness (QED) is 0.732. The molecular formula is C12H11N2O2. The van der Waals surface area contributed by atoms with E-state index in [2.05, 4.69) is 15.9 Å². The van der Waals surface area contributed by atoms with E-state index in [1.54, 1.807) is 7.05 Å². The number of carbonyl (C=O) groups is 1. The number of ether oxygens (including phenoxy) is 1. The highest BCUT2D eigenvalue weighted by atomic mass is 16.5. The van der Waals surface area contributed by atoms with Gasteiger partial charge in [0.25, 0.3) is 0 Å². The third-order valence-corrected chi connectivity index (χ3v) is 2.33. The highest BCUT2D eigenvalue weighted by Crippen LogP contribution is 2.18. The fourth-order valence-electron chi connectivity index (χ4n) is 1.42. The Bertz CT molecular complexity index is 525. The molecule has 1 heterocycles. The molecule has 0 aliphatic rings. The van der Waals surface area contributed by atoms with Gasteiger partial charge in [0.2, 0.25) is 0 Å². The highest BCUT2D eigenvalue weighted by Gasteiger charge is 2.11. The minimum atomic E-state index is -0.448. The second-order valence-electron chi connectivity index (χ2n) is 3.34. The summed E-state index contributed by atoms with van der Waals surface area (Å²) < 4.78 is 4.61. The minimum Gasteiger partial charge on any atom is -0.452 e. The summed E-state index contributed by atoms with van der Waals surface area (Å²) in [5, 5.41) is 1.91. The van der Waals surface area contributed by atoms with Crippen LogP contribution in [0.2, 0.25) is 0 Å². The van der Waals surface area contributed by atoms with Crippen molar-refractivity contribution in [2.75, 3.05) is 19.1 Å². The third-order valence-electron chi connectivity index (χ3n) is 2.33. The lowest BCUT2D eigenvalue weighted by atomic mass is 10.2. The summed E-state index contributed by atoms with van der Waals surface area (Å²) in [5.74, 6) is 0.519. The maximum Gasteiger partial charge on any atom is 0.414 e. The van der Waals surface area contributed by atoms with Crippen LogP contribution in [0.4, 0.5) is 10.6 Å². The molecule has 1 aromatic heterocycles. The molecule has 0 aliphatic carbocycles. The van der Waals surface area contributed by atoms with Crippen molar-refractivity contribution < 1.29 is 9.53 Å². The molecule has 4 heteroatoms. The van der Waals surface area contributed by atoms with E-state index in [-0.39, 0.29) is 0 Å². The first-order chi connectivity index (χ1) is 7.72. The van der Waals surface area contributed by atoms with Crippen molar-refractivity contribution in [1.82, 2.24) is 4.98 Å². The van der Waals surface area contributed by atoms with Crippen LogP contribution in [0.1, 0.15) is 0 Å². The molecule has 0 spiro atoms. The molecule has 2 rings (SSSR count). The van der Waals surface area contributed by atoms with Gasteiger partial charge >= 0.3 is 6.09 Å². The zero-order chi connectivity index (χ0) is 11.5. The number of carbonyl (C=O) groups excluding carboxylic acids is 1. The average molecular weight is 215 g/mol. The normalized spacial score (nSPS) is 10.1. The first kappa shape index (κ1) is 10.4. The lowest BCUT2D eigenvalue weighted by Crippen LogP contribution is -2.26. The van der Waals surface area contributed by atoms with Gasteiger partial charge in [-0.25, -0.2) is 9.78 Å². The third kappa shape index (κ3) is 1.82. The summed E-state index contributed by atoms with van der Waals surface area (Å²) in [6.07, 6.45) is 2.43. The molecule has 4 nitrogen and oxygen atoms in total. The van der Waals surface area contributed by atoms with E-state index in [0.29, 0.717) is 5.82 Å². The van der Waals surface area contributed by atoms with Crippen molar-refractivity contribution in [1.29, 1.82) is 0 Å². The molecule has 0 fully saturated rings. The highest BCUT2D eigenvalue weighted by molar-refractivity contribution is 5.90. The lowest BCUT2D eigenvalue weighted by molar-refractivity contribution is 0.180. The van der Waals surface area contributed by atoms with Gasteiger partial charge in [-0.2, -0.15) is 0 Å². The standard InChI is InChI=1S/C12H11N2O2/c1-14(12(15)16-2)11-7-9-5-3-4-6-10(9)8-13-11/h3-7H,1-2H3. The minimum absolute atomic E-state index is 0.448. The smallest absolute Gasteiger partial charge is 0.414 e. The summed E-state index contributed by atoms with van der Waals surface area (Å²) in [5.41, 5.74) is 0. The Morgan fingerprint density at radius 1 is 1.44 bits per heavy atom. The zero-order valence-corrected chi connectivity index (χ0v) is 9.10. The molecule has 0 saturated carbocycles. The van der Waals surface area contributed by atoms with Crippen molar-refractivity contribution in [3.05, 3.63) is 36.5 Å². The molecule has 81 valence electrons. The SMILES string of the molecule is COC(=O)N(C)c1cc2ccccc2[c]n1. The number of pyridine rings is 1. The Morgan fingerprint density at radius 2 is 2.19 bits per heavy atom. The van der Waals surface area contributed by atoms with Crippen LogP contribution in [0.15, 0.2) is 30.3 Å². The van der Waals surface area contributed by atoms with Crippen LogP contribution in [0, 0.1) is 6.20 Å². The van der Waals surface area contributed by atoms with Gasteiger partial charge in [0.05, 0.1) is 13.3 Å². The first-order valence-corrected chi connectivity index (χ1v) is 4.81. The van der Waals surface area contributed by atoms with E-state index >= 15 is 0 Å². The Balaban J connectivity index is 2.43. The number of methoxy groups -OCH3 is 1. The van der Waals surface area contributed by atoms with Crippen LogP contribution in [0.5, 0.6) is 0 Å². The molecule has 0 bridgehead atoms. The molecular weight excluding hydrogens is 204 g/mol. The van der Waals surface area contributed by atoms with Crippen LogP contribution < -0.4 is 4.90 Å². The van der Waals surface area contributed by atoms with Crippen LogP contribution in [-0.4, -0.2) is 25.2 Å². The van der Waals surface area contributed by atoms with Gasteiger partial charge in [-0.3, -0.25) is 4.90 Å². The molecule has 1 amide bonds. The number of fused-ring (bicyclic) bond motifs is 1. The van der Waals surface area contributed by atoms with E-state index in [1.165, 1.54) is 12.0 Å². The molecule has 0 N–H and O–H groups in total. The van der Waals surface area contributed by atoms with E-state index in [4.69, 9.17) is 0 Å². The number of rotatable bonds is 1. The van der Waals surface area contributed by atoms with Crippen molar-refractivity contribution in [2.45, 2.75) is 0 Å². The van der Waals surface area contributed by atoms with Gasteiger partial charge < -0.3 is 4.74 Å². The average Bonchev–Trinajstić information content (AvgIpc) is 2.36. The number of nitrogens with zero attached hydrogens (tertiary/aromatic N) is 2. The number of aromatic nitrogens is 1. The molecule has 2 aromatic rings. The first-order valence-electron chi connectivity index (χ1n) is 4.81. The molecule has 1 aromatic carbocycles. The van der Waals surface area contributed by atoms with Crippen LogP contribution in [0.3, 0.4) is 0 Å². The molecule has 0 saturated heterocycles. The second kappa shape index (κ2) is 4.18. The van der Waals surface area contributed by atoms with E-state index in [9.17, 15) is 4.79 Å². The van der Waals surface area contributed by atoms with E-state index in [1.807, 2.05) is 30.3 Å². The van der Waals surface area contributed by atoms with E-state index in [0.717, 1.165) is 10.8 Å². The monoisotopic (exact) mass is 215 g/mol. The van der Waals surface area contributed by atoms with Crippen LogP contribution in [-0.2, 0) is 4.74 Å². The largest absolute Gasteiger partial charge is 0.452 e. The van der Waals surface area contributed by atoms with Crippen molar-refractivity contribution in [2.24, 2.45) is 0 Å². The zero-order valence-electron chi connectivity index (χ0n) is 9.10. The van der Waals surface area contributed by atoms with Crippen molar-refractivity contribution in [3.8, 4) is 0 Å². The molecule has 0 unspecified atom stereocenters. The maximum atomic E-state index is 11.3. The van der Waals surface area contributed by atoms with Crippen LogP contribution >= 0.6 is 0 Å². The Hall–Kier alpha value is -2.10. The topological polar surface area (TPSA) is 42.4 Å². The van der Waals surface area contributed by atoms with Crippen molar-refractivity contribution >= 4 is 22.7 Å². The van der Waals surface area contributed by atoms with Gasteiger partial charge in [-0.1, -0.05) is 24.3 Å². The molecule has 16 heavy (non-hydrogen) atoms. The number of hydrogen-bond donors (Lipinski definition) is 0. The Morgan fingerprint density at radius 3 is 2.94 bits per heavy atom. The van der Waals surface area contributed by atoms with Gasteiger partial charge in [-0.15, -0.1) is 0 Å².